The number of ether oxygens (including phenoxy) is 2. The number of benzene rings is 2. The normalized spacial score (nSPS) is 17.6. The second kappa shape index (κ2) is 9.31. The standard InChI is InChI=1S/C20H23IN2O5S/c1-27-18-10-9-17(12-19(18)28-2)29(25,26)23-11-3-4-14(13-23)20(24)22-16-7-5-15(21)6-8-16/h5-10,12,14H,3-4,11,13H2,1-2H3,(H,22,24)/t14-/m1/s1. The fraction of sp³-hybridized carbons (Fsp3) is 0.350. The third-order valence-electron chi connectivity index (χ3n) is 4.86. The highest BCUT2D eigenvalue weighted by Gasteiger charge is 2.33. The van der Waals surface area contributed by atoms with Crippen LogP contribution in [0.15, 0.2) is 47.4 Å². The van der Waals surface area contributed by atoms with Crippen molar-refractivity contribution in [3.63, 3.8) is 0 Å². The van der Waals surface area contributed by atoms with Crippen molar-refractivity contribution in [2.75, 3.05) is 32.6 Å². The molecule has 0 bridgehead atoms. The maximum atomic E-state index is 13.1. The maximum Gasteiger partial charge on any atom is 0.243 e. The molecule has 156 valence electrons. The van der Waals surface area contributed by atoms with Crippen molar-refractivity contribution in [3.8, 4) is 11.5 Å². The van der Waals surface area contributed by atoms with Crippen LogP contribution in [0.3, 0.4) is 0 Å². The molecule has 29 heavy (non-hydrogen) atoms. The Morgan fingerprint density at radius 2 is 1.79 bits per heavy atom. The number of methoxy groups -OCH3 is 2. The summed E-state index contributed by atoms with van der Waals surface area (Å²) in [6.45, 7) is 0.525. The van der Waals surface area contributed by atoms with E-state index in [4.69, 9.17) is 9.47 Å². The molecule has 0 spiro atoms. The Labute approximate surface area is 184 Å². The number of rotatable bonds is 6. The van der Waals surface area contributed by atoms with E-state index >= 15 is 0 Å². The summed E-state index contributed by atoms with van der Waals surface area (Å²) in [5, 5.41) is 2.88. The van der Waals surface area contributed by atoms with Crippen LogP contribution in [0.5, 0.6) is 11.5 Å². The molecule has 3 rings (SSSR count). The van der Waals surface area contributed by atoms with Crippen LogP contribution in [-0.4, -0.2) is 45.9 Å². The lowest BCUT2D eigenvalue weighted by molar-refractivity contribution is -0.120. The first-order valence-electron chi connectivity index (χ1n) is 9.13. The number of hydrogen-bond donors (Lipinski definition) is 1. The van der Waals surface area contributed by atoms with Crippen LogP contribution in [0, 0.1) is 9.49 Å². The molecule has 2 aromatic rings. The number of carbonyl (C=O) groups excluding carboxylic acids is 1. The Kier molecular flexibility index (Phi) is 7.01. The van der Waals surface area contributed by atoms with Crippen LogP contribution in [0.1, 0.15) is 12.8 Å². The highest BCUT2D eigenvalue weighted by molar-refractivity contribution is 14.1. The van der Waals surface area contributed by atoms with E-state index in [1.54, 1.807) is 6.07 Å². The minimum Gasteiger partial charge on any atom is -0.493 e. The molecular weight excluding hydrogens is 507 g/mol. The van der Waals surface area contributed by atoms with Gasteiger partial charge in [-0.2, -0.15) is 4.31 Å². The van der Waals surface area contributed by atoms with Gasteiger partial charge in [-0.15, -0.1) is 0 Å². The van der Waals surface area contributed by atoms with Crippen LogP contribution in [0.2, 0.25) is 0 Å². The fourth-order valence-electron chi connectivity index (χ4n) is 3.28. The summed E-state index contributed by atoms with van der Waals surface area (Å²) in [5.74, 6) is 0.231. The molecule has 7 nitrogen and oxygen atoms in total. The lowest BCUT2D eigenvalue weighted by atomic mass is 9.99. The minimum absolute atomic E-state index is 0.119. The van der Waals surface area contributed by atoms with Gasteiger partial charge in [-0.25, -0.2) is 8.42 Å². The second-order valence-electron chi connectivity index (χ2n) is 6.72. The number of nitrogens with one attached hydrogen (secondary N) is 1. The number of hydrogen-bond acceptors (Lipinski definition) is 5. The van der Waals surface area contributed by atoms with Gasteiger partial charge in [0.2, 0.25) is 15.9 Å². The summed E-state index contributed by atoms with van der Waals surface area (Å²) in [7, 11) is -0.796. The van der Waals surface area contributed by atoms with E-state index in [-0.39, 0.29) is 17.3 Å². The Hall–Kier alpha value is -1.85. The van der Waals surface area contributed by atoms with Gasteiger partial charge in [0.15, 0.2) is 11.5 Å². The third-order valence-corrected chi connectivity index (χ3v) is 7.44. The number of carbonyl (C=O) groups is 1. The number of sulfonamides is 1. The highest BCUT2D eigenvalue weighted by atomic mass is 127. The fourth-order valence-corrected chi connectivity index (χ4v) is 5.18. The third kappa shape index (κ3) is 5.01. The van der Waals surface area contributed by atoms with E-state index in [1.165, 1.54) is 30.7 Å². The predicted molar refractivity (Wildman–Crippen MR) is 119 cm³/mol. The summed E-state index contributed by atoms with van der Waals surface area (Å²) >= 11 is 2.20. The molecule has 1 N–H and O–H groups in total. The van der Waals surface area contributed by atoms with Crippen LogP contribution in [0.25, 0.3) is 0 Å². The van der Waals surface area contributed by atoms with Gasteiger partial charge in [0, 0.05) is 28.4 Å². The Morgan fingerprint density at radius 1 is 1.10 bits per heavy atom. The highest BCUT2D eigenvalue weighted by Crippen LogP contribution is 2.32. The molecule has 9 heteroatoms. The molecule has 0 unspecified atom stereocenters. The van der Waals surface area contributed by atoms with Crippen LogP contribution in [-0.2, 0) is 14.8 Å². The lowest BCUT2D eigenvalue weighted by Crippen LogP contribution is -2.43. The molecule has 0 radical (unpaired) electrons. The number of halogens is 1. The van der Waals surface area contributed by atoms with Crippen LogP contribution in [0.4, 0.5) is 5.69 Å². The summed E-state index contributed by atoms with van der Waals surface area (Å²) in [5.41, 5.74) is 0.704. The Bertz CT molecular complexity index is 979. The van der Waals surface area contributed by atoms with Gasteiger partial charge in [-0.1, -0.05) is 0 Å². The van der Waals surface area contributed by atoms with Gasteiger partial charge in [-0.05, 0) is 71.8 Å². The van der Waals surface area contributed by atoms with E-state index in [1.807, 2.05) is 24.3 Å². The topological polar surface area (TPSA) is 84.9 Å². The van der Waals surface area contributed by atoms with Gasteiger partial charge < -0.3 is 14.8 Å². The molecule has 0 saturated carbocycles. The molecule has 1 aliphatic rings. The molecule has 1 aliphatic heterocycles. The molecule has 1 fully saturated rings. The molecule has 0 aliphatic carbocycles. The van der Waals surface area contributed by atoms with Crippen molar-refractivity contribution in [1.82, 2.24) is 4.31 Å². The monoisotopic (exact) mass is 530 g/mol. The SMILES string of the molecule is COc1ccc(S(=O)(=O)N2CCC[C@@H](C(=O)Nc3ccc(I)cc3)C2)cc1OC. The predicted octanol–water partition coefficient (Wildman–Crippen LogP) is 3.35. The van der Waals surface area contributed by atoms with Crippen LogP contribution >= 0.6 is 22.6 Å². The van der Waals surface area contributed by atoms with Gasteiger partial charge >= 0.3 is 0 Å². The number of anilines is 1. The van der Waals surface area contributed by atoms with Crippen molar-refractivity contribution in [2.45, 2.75) is 17.7 Å². The summed E-state index contributed by atoms with van der Waals surface area (Å²) in [4.78, 5) is 12.8. The lowest BCUT2D eigenvalue weighted by Gasteiger charge is -2.31. The van der Waals surface area contributed by atoms with E-state index in [0.29, 0.717) is 36.6 Å². The van der Waals surface area contributed by atoms with Gasteiger partial charge in [0.1, 0.15) is 0 Å². The van der Waals surface area contributed by atoms with E-state index in [0.717, 1.165) is 3.57 Å². The molecule has 0 aromatic heterocycles. The van der Waals surface area contributed by atoms with Crippen LogP contribution < -0.4 is 14.8 Å². The summed E-state index contributed by atoms with van der Waals surface area (Å²) in [6.07, 6.45) is 1.27. The number of nitrogens with zero attached hydrogens (tertiary/aromatic N) is 1. The first kappa shape index (κ1) is 21.8. The molecule has 1 heterocycles. The molecule has 1 saturated heterocycles. The number of piperidine rings is 1. The Balaban J connectivity index is 1.75. The van der Waals surface area contributed by atoms with Gasteiger partial charge in [-0.3, -0.25) is 4.79 Å². The molecule has 1 amide bonds. The average Bonchev–Trinajstić information content (AvgIpc) is 2.74. The quantitative estimate of drug-likeness (QED) is 0.580. The van der Waals surface area contributed by atoms with Crippen molar-refractivity contribution < 1.29 is 22.7 Å². The Morgan fingerprint density at radius 3 is 2.45 bits per heavy atom. The van der Waals surface area contributed by atoms with Crippen molar-refractivity contribution in [3.05, 3.63) is 46.0 Å². The zero-order valence-corrected chi connectivity index (χ0v) is 19.2. The summed E-state index contributed by atoms with van der Waals surface area (Å²) in [6, 6.07) is 12.0. The second-order valence-corrected chi connectivity index (χ2v) is 9.90. The molecular formula is C20H23IN2O5S. The largest absolute Gasteiger partial charge is 0.493 e. The zero-order chi connectivity index (χ0) is 21.0. The van der Waals surface area contributed by atoms with E-state index in [9.17, 15) is 13.2 Å². The van der Waals surface area contributed by atoms with Crippen molar-refractivity contribution >= 4 is 44.2 Å². The minimum atomic E-state index is -3.75. The smallest absolute Gasteiger partial charge is 0.243 e. The average molecular weight is 530 g/mol. The van der Waals surface area contributed by atoms with Crippen molar-refractivity contribution in [2.24, 2.45) is 5.92 Å². The van der Waals surface area contributed by atoms with Gasteiger partial charge in [0.05, 0.1) is 25.0 Å². The zero-order valence-electron chi connectivity index (χ0n) is 16.2. The maximum absolute atomic E-state index is 13.1. The molecule has 1 atom stereocenters. The van der Waals surface area contributed by atoms with E-state index < -0.39 is 15.9 Å². The first-order valence-corrected chi connectivity index (χ1v) is 11.7. The van der Waals surface area contributed by atoms with E-state index in [2.05, 4.69) is 27.9 Å². The molecule has 2 aromatic carbocycles. The first-order chi connectivity index (χ1) is 13.8. The van der Waals surface area contributed by atoms with Gasteiger partial charge in [0.25, 0.3) is 0 Å². The summed E-state index contributed by atoms with van der Waals surface area (Å²) < 4.78 is 39.1. The van der Waals surface area contributed by atoms with Crippen molar-refractivity contribution in [1.29, 1.82) is 0 Å². The number of amides is 1.